The van der Waals surface area contributed by atoms with E-state index < -0.39 is 0 Å². The molecule has 2 heteroatoms. The van der Waals surface area contributed by atoms with E-state index >= 15 is 0 Å². The second-order valence-corrected chi connectivity index (χ2v) is 6.45. The second kappa shape index (κ2) is 12.5. The number of rotatable bonds is 12. The summed E-state index contributed by atoms with van der Waals surface area (Å²) in [6, 6.07) is 0. The molecule has 1 aliphatic rings. The summed E-state index contributed by atoms with van der Waals surface area (Å²) in [6.07, 6.45) is 15.5. The molecule has 1 fully saturated rings. The molecule has 1 saturated carbocycles. The topological polar surface area (TPSA) is 37.3 Å². The van der Waals surface area contributed by atoms with Gasteiger partial charge in [0.15, 0.2) is 5.78 Å². The third kappa shape index (κ3) is 9.79. The van der Waals surface area contributed by atoms with Gasteiger partial charge in [0.2, 0.25) is 0 Å². The fourth-order valence-corrected chi connectivity index (χ4v) is 2.87. The van der Waals surface area contributed by atoms with E-state index in [1.165, 1.54) is 25.7 Å². The zero-order chi connectivity index (χ0) is 16.0. The van der Waals surface area contributed by atoms with E-state index in [1.54, 1.807) is 12.2 Å². The normalized spacial score (nSPS) is 19.9. The van der Waals surface area contributed by atoms with Crippen LogP contribution < -0.4 is 0 Å². The van der Waals surface area contributed by atoms with E-state index in [-0.39, 0.29) is 5.78 Å². The van der Waals surface area contributed by atoms with Crippen molar-refractivity contribution in [2.45, 2.75) is 77.6 Å². The van der Waals surface area contributed by atoms with Gasteiger partial charge in [-0.1, -0.05) is 50.9 Å². The highest BCUT2D eigenvalue weighted by Gasteiger charge is 2.34. The summed E-state index contributed by atoms with van der Waals surface area (Å²) in [5, 5.41) is 8.73. The van der Waals surface area contributed by atoms with Gasteiger partial charge in [0.25, 0.3) is 0 Å². The number of allylic oxidation sites excluding steroid dienone is 2. The van der Waals surface area contributed by atoms with E-state index in [0.717, 1.165) is 50.4 Å². The van der Waals surface area contributed by atoms with Crippen molar-refractivity contribution < 1.29 is 9.90 Å². The Morgan fingerprint density at radius 2 is 1.95 bits per heavy atom. The van der Waals surface area contributed by atoms with Gasteiger partial charge in [0, 0.05) is 19.4 Å². The zero-order valence-corrected chi connectivity index (χ0v) is 14.2. The Labute approximate surface area is 136 Å². The van der Waals surface area contributed by atoms with Crippen molar-refractivity contribution in [2.75, 3.05) is 6.61 Å². The van der Waals surface area contributed by atoms with E-state index in [9.17, 15) is 4.79 Å². The van der Waals surface area contributed by atoms with Gasteiger partial charge in [0.1, 0.15) is 0 Å². The van der Waals surface area contributed by atoms with Crippen LogP contribution in [0.1, 0.15) is 77.6 Å². The third-order valence-corrected chi connectivity index (χ3v) is 4.42. The first-order valence-corrected chi connectivity index (χ1v) is 9.06. The number of hydrogen-bond donors (Lipinski definition) is 1. The van der Waals surface area contributed by atoms with Crippen molar-refractivity contribution in [3.05, 3.63) is 12.2 Å². The number of carbonyl (C=O) groups excluding carboxylic acids is 1. The molecule has 0 radical (unpaired) electrons. The number of aliphatic hydroxyl groups is 1. The minimum Gasteiger partial charge on any atom is -0.396 e. The highest BCUT2D eigenvalue weighted by molar-refractivity contribution is 5.89. The number of ketones is 1. The maximum absolute atomic E-state index is 11.5. The molecular formula is C20H32O2. The largest absolute Gasteiger partial charge is 0.396 e. The maximum atomic E-state index is 11.5. The molecule has 0 aromatic heterocycles. The van der Waals surface area contributed by atoms with E-state index in [2.05, 4.69) is 18.8 Å². The number of aliphatic hydroxyl groups excluding tert-OH is 1. The summed E-state index contributed by atoms with van der Waals surface area (Å²) in [5.74, 6) is 8.13. The molecule has 0 unspecified atom stereocenters. The number of hydrogen-bond acceptors (Lipinski definition) is 2. The van der Waals surface area contributed by atoms with Crippen molar-refractivity contribution in [3.8, 4) is 11.8 Å². The van der Waals surface area contributed by atoms with Gasteiger partial charge < -0.3 is 5.11 Å². The van der Waals surface area contributed by atoms with Crippen LogP contribution in [-0.4, -0.2) is 17.5 Å². The van der Waals surface area contributed by atoms with Crippen LogP contribution in [0.5, 0.6) is 0 Å². The summed E-state index contributed by atoms with van der Waals surface area (Å²) in [6.45, 7) is 2.48. The lowest BCUT2D eigenvalue weighted by atomic mass is 10.1. The van der Waals surface area contributed by atoms with Gasteiger partial charge in [-0.25, -0.2) is 0 Å². The average Bonchev–Trinajstić information content (AvgIpc) is 3.26. The smallest absolute Gasteiger partial charge is 0.156 e. The van der Waals surface area contributed by atoms with Gasteiger partial charge in [-0.2, -0.15) is 0 Å². The molecule has 0 bridgehead atoms. The van der Waals surface area contributed by atoms with Gasteiger partial charge >= 0.3 is 0 Å². The van der Waals surface area contributed by atoms with Crippen molar-refractivity contribution >= 4 is 5.78 Å². The third-order valence-electron chi connectivity index (χ3n) is 4.42. The van der Waals surface area contributed by atoms with Gasteiger partial charge in [-0.3, -0.25) is 4.79 Å². The molecule has 0 aliphatic heterocycles. The predicted octanol–water partition coefficient (Wildman–Crippen LogP) is 4.66. The van der Waals surface area contributed by atoms with Crippen molar-refractivity contribution in [1.29, 1.82) is 0 Å². The Morgan fingerprint density at radius 3 is 2.73 bits per heavy atom. The predicted molar refractivity (Wildman–Crippen MR) is 92.4 cm³/mol. The highest BCUT2D eigenvalue weighted by atomic mass is 16.2. The standard InChI is InChI=1S/C20H32O2/c1-2-3-7-14-20(22)15-10-5-4-8-12-18-17-19(18)13-9-6-11-16-21/h10,15,18-19,21H,2-3,6-9,11-14,16-17H2,1H3/b15-10+/t18-,19-/m1/s1. The Morgan fingerprint density at radius 1 is 1.14 bits per heavy atom. The maximum Gasteiger partial charge on any atom is 0.156 e. The van der Waals surface area contributed by atoms with Crippen LogP contribution in [0, 0.1) is 23.7 Å². The van der Waals surface area contributed by atoms with Crippen LogP contribution in [0.3, 0.4) is 0 Å². The monoisotopic (exact) mass is 304 g/mol. The molecule has 1 N–H and O–H groups in total. The van der Waals surface area contributed by atoms with Crippen molar-refractivity contribution in [3.63, 3.8) is 0 Å². The van der Waals surface area contributed by atoms with E-state index in [1.807, 2.05) is 0 Å². The molecule has 1 rings (SSSR count). The summed E-state index contributed by atoms with van der Waals surface area (Å²) in [5.41, 5.74) is 0. The molecule has 2 atom stereocenters. The van der Waals surface area contributed by atoms with Crippen LogP contribution in [0.25, 0.3) is 0 Å². The van der Waals surface area contributed by atoms with Crippen LogP contribution in [0.15, 0.2) is 12.2 Å². The Hall–Kier alpha value is -1.07. The van der Waals surface area contributed by atoms with Crippen molar-refractivity contribution in [2.24, 2.45) is 11.8 Å². The lowest BCUT2D eigenvalue weighted by Crippen LogP contribution is -1.91. The Kier molecular flexibility index (Phi) is 10.8. The second-order valence-electron chi connectivity index (χ2n) is 6.45. The first kappa shape index (κ1) is 19.0. The Balaban J connectivity index is 1.98. The lowest BCUT2D eigenvalue weighted by Gasteiger charge is -1.98. The molecule has 124 valence electrons. The highest BCUT2D eigenvalue weighted by Crippen LogP contribution is 2.45. The summed E-state index contributed by atoms with van der Waals surface area (Å²) >= 11 is 0. The fourth-order valence-electron chi connectivity index (χ4n) is 2.87. The lowest BCUT2D eigenvalue weighted by molar-refractivity contribution is -0.114. The number of unbranched alkanes of at least 4 members (excludes halogenated alkanes) is 4. The summed E-state index contributed by atoms with van der Waals surface area (Å²) in [4.78, 5) is 11.5. The zero-order valence-electron chi connectivity index (χ0n) is 14.2. The summed E-state index contributed by atoms with van der Waals surface area (Å²) < 4.78 is 0. The number of carbonyl (C=O) groups is 1. The Bertz CT molecular complexity index is 386. The SMILES string of the molecule is CCCCCC(=O)/C=C/C#CCC[C@@H]1C[C@H]1CCCCCO. The molecule has 0 aromatic carbocycles. The first-order valence-electron chi connectivity index (χ1n) is 9.06. The van der Waals surface area contributed by atoms with Gasteiger partial charge in [0.05, 0.1) is 0 Å². The van der Waals surface area contributed by atoms with Gasteiger partial charge in [-0.05, 0) is 49.7 Å². The molecular weight excluding hydrogens is 272 g/mol. The molecule has 0 heterocycles. The minimum atomic E-state index is 0.202. The fraction of sp³-hybridized carbons (Fsp3) is 0.750. The molecule has 0 saturated heterocycles. The van der Waals surface area contributed by atoms with Crippen molar-refractivity contribution in [1.82, 2.24) is 0 Å². The molecule has 0 aromatic rings. The van der Waals surface area contributed by atoms with Crippen LogP contribution in [-0.2, 0) is 4.79 Å². The van der Waals surface area contributed by atoms with Crippen LogP contribution >= 0.6 is 0 Å². The molecule has 0 spiro atoms. The molecule has 0 amide bonds. The molecule has 1 aliphatic carbocycles. The van der Waals surface area contributed by atoms with Crippen LogP contribution in [0.4, 0.5) is 0 Å². The van der Waals surface area contributed by atoms with E-state index in [4.69, 9.17) is 5.11 Å². The molecule has 2 nitrogen and oxygen atoms in total. The first-order chi connectivity index (χ1) is 10.8. The minimum absolute atomic E-state index is 0.202. The summed E-state index contributed by atoms with van der Waals surface area (Å²) in [7, 11) is 0. The van der Waals surface area contributed by atoms with Gasteiger partial charge in [-0.15, -0.1) is 0 Å². The van der Waals surface area contributed by atoms with Crippen LogP contribution in [0.2, 0.25) is 0 Å². The quantitative estimate of drug-likeness (QED) is 0.323. The molecule has 22 heavy (non-hydrogen) atoms. The average molecular weight is 304 g/mol. The van der Waals surface area contributed by atoms with E-state index in [0.29, 0.717) is 13.0 Å².